The molecule has 0 saturated heterocycles. The molecule has 1 N–H and O–H groups in total. The van der Waals surface area contributed by atoms with Crippen LogP contribution in [-0.2, 0) is 6.42 Å². The monoisotopic (exact) mass is 182 g/mol. The van der Waals surface area contributed by atoms with Gasteiger partial charge < -0.3 is 9.52 Å². The van der Waals surface area contributed by atoms with Crippen molar-refractivity contribution in [2.24, 2.45) is 0 Å². The summed E-state index contributed by atoms with van der Waals surface area (Å²) in [4.78, 5) is 10.6. The number of unbranched alkanes of at least 4 members (excludes halogenated alkanes) is 2. The number of hydrogen-bond donors (Lipinski definition) is 1. The van der Waals surface area contributed by atoms with Gasteiger partial charge in [0.05, 0.1) is 6.26 Å². The quantitative estimate of drug-likeness (QED) is 0.712. The predicted molar refractivity (Wildman–Crippen MR) is 48.9 cm³/mol. The van der Waals surface area contributed by atoms with E-state index in [2.05, 4.69) is 6.92 Å². The molecule has 0 unspecified atom stereocenters. The summed E-state index contributed by atoms with van der Waals surface area (Å²) in [6.45, 7) is 2.12. The smallest absolute Gasteiger partial charge is 0.372 e. The minimum atomic E-state index is -0.975. The first-order valence-corrected chi connectivity index (χ1v) is 4.55. The number of carboxylic acids is 1. The normalized spacial score (nSPS) is 10.2. The molecule has 1 aromatic rings. The Balaban J connectivity index is 2.55. The van der Waals surface area contributed by atoms with Crippen LogP contribution in [0.4, 0.5) is 0 Å². The summed E-state index contributed by atoms with van der Waals surface area (Å²) >= 11 is 0. The van der Waals surface area contributed by atoms with Crippen LogP contribution in [0, 0.1) is 0 Å². The van der Waals surface area contributed by atoms with E-state index in [1.807, 2.05) is 0 Å². The number of hydrogen-bond acceptors (Lipinski definition) is 2. The maximum atomic E-state index is 10.6. The molecule has 0 fully saturated rings. The fourth-order valence-corrected chi connectivity index (χ4v) is 1.29. The van der Waals surface area contributed by atoms with E-state index in [9.17, 15) is 4.79 Å². The Labute approximate surface area is 77.4 Å². The molecule has 1 heterocycles. The zero-order valence-corrected chi connectivity index (χ0v) is 7.75. The summed E-state index contributed by atoms with van der Waals surface area (Å²) in [5.74, 6) is -0.882. The summed E-state index contributed by atoms with van der Waals surface area (Å²) in [6, 6.07) is 1.74. The number of rotatable bonds is 5. The van der Waals surface area contributed by atoms with Crippen LogP contribution in [0.2, 0.25) is 0 Å². The largest absolute Gasteiger partial charge is 0.475 e. The summed E-state index contributed by atoms with van der Waals surface area (Å²) in [5.41, 5.74) is 0.806. The van der Waals surface area contributed by atoms with E-state index < -0.39 is 5.97 Å². The highest BCUT2D eigenvalue weighted by Gasteiger charge is 2.12. The minimum Gasteiger partial charge on any atom is -0.475 e. The van der Waals surface area contributed by atoms with Crippen molar-refractivity contribution in [3.8, 4) is 0 Å². The molecule has 1 rings (SSSR count). The Kier molecular flexibility index (Phi) is 3.55. The van der Waals surface area contributed by atoms with Gasteiger partial charge in [0.2, 0.25) is 5.76 Å². The van der Waals surface area contributed by atoms with Gasteiger partial charge in [-0.05, 0) is 18.9 Å². The Hall–Kier alpha value is -1.25. The van der Waals surface area contributed by atoms with Crippen LogP contribution < -0.4 is 0 Å². The van der Waals surface area contributed by atoms with Crippen LogP contribution in [-0.4, -0.2) is 11.1 Å². The van der Waals surface area contributed by atoms with Crippen LogP contribution >= 0.6 is 0 Å². The molecule has 0 aromatic carbocycles. The number of carboxylic acid groups (broad SMARTS) is 1. The second kappa shape index (κ2) is 4.70. The molecule has 3 heteroatoms. The van der Waals surface area contributed by atoms with E-state index in [0.29, 0.717) is 0 Å². The first-order chi connectivity index (χ1) is 6.25. The molecule has 0 atom stereocenters. The van der Waals surface area contributed by atoms with Crippen LogP contribution in [0.15, 0.2) is 16.7 Å². The minimum absolute atomic E-state index is 0.0936. The van der Waals surface area contributed by atoms with Crippen LogP contribution in [0.3, 0.4) is 0 Å². The molecule has 0 bridgehead atoms. The van der Waals surface area contributed by atoms with E-state index in [0.717, 1.165) is 31.2 Å². The van der Waals surface area contributed by atoms with Crippen LogP contribution in [0.5, 0.6) is 0 Å². The van der Waals surface area contributed by atoms with Crippen molar-refractivity contribution in [2.45, 2.75) is 32.6 Å². The number of aromatic carboxylic acids is 1. The standard InChI is InChI=1S/C10H14O3/c1-2-3-4-5-8-6-7-13-9(8)10(11)12/h6-7H,2-5H2,1H3,(H,11,12). The average molecular weight is 182 g/mol. The van der Waals surface area contributed by atoms with Gasteiger partial charge in [-0.25, -0.2) is 4.79 Å². The van der Waals surface area contributed by atoms with Crippen LogP contribution in [0.25, 0.3) is 0 Å². The van der Waals surface area contributed by atoms with Gasteiger partial charge >= 0.3 is 5.97 Å². The third kappa shape index (κ3) is 2.61. The van der Waals surface area contributed by atoms with Gasteiger partial charge in [-0.3, -0.25) is 0 Å². The van der Waals surface area contributed by atoms with Crippen molar-refractivity contribution in [3.63, 3.8) is 0 Å². The summed E-state index contributed by atoms with van der Waals surface area (Å²) in [6.07, 6.45) is 5.53. The molecule has 0 aliphatic carbocycles. The molecule has 1 aromatic heterocycles. The van der Waals surface area contributed by atoms with E-state index >= 15 is 0 Å². The Morgan fingerprint density at radius 1 is 1.54 bits per heavy atom. The molecule has 72 valence electrons. The second-order valence-electron chi connectivity index (χ2n) is 3.04. The van der Waals surface area contributed by atoms with Gasteiger partial charge in [-0.2, -0.15) is 0 Å². The van der Waals surface area contributed by atoms with Gasteiger partial charge in [-0.1, -0.05) is 19.8 Å². The second-order valence-corrected chi connectivity index (χ2v) is 3.04. The topological polar surface area (TPSA) is 50.4 Å². The average Bonchev–Trinajstić information content (AvgIpc) is 2.53. The molecule has 0 spiro atoms. The highest BCUT2D eigenvalue weighted by atomic mass is 16.4. The summed E-state index contributed by atoms with van der Waals surface area (Å²) < 4.78 is 4.86. The molecule has 0 amide bonds. The number of furan rings is 1. The van der Waals surface area contributed by atoms with Crippen molar-refractivity contribution >= 4 is 5.97 Å². The molecular formula is C10H14O3. The third-order valence-corrected chi connectivity index (χ3v) is 1.99. The fraction of sp³-hybridized carbons (Fsp3) is 0.500. The van der Waals surface area contributed by atoms with E-state index in [-0.39, 0.29) is 5.76 Å². The first kappa shape index (κ1) is 9.84. The van der Waals surface area contributed by atoms with Crippen molar-refractivity contribution < 1.29 is 14.3 Å². The van der Waals surface area contributed by atoms with Gasteiger partial charge in [0.25, 0.3) is 0 Å². The van der Waals surface area contributed by atoms with Crippen molar-refractivity contribution in [3.05, 3.63) is 23.7 Å². The molecule has 0 saturated carbocycles. The lowest BCUT2D eigenvalue weighted by Crippen LogP contribution is -1.98. The lowest BCUT2D eigenvalue weighted by Gasteiger charge is -1.97. The Bertz CT molecular complexity index is 275. The van der Waals surface area contributed by atoms with Gasteiger partial charge in [0.1, 0.15) is 0 Å². The van der Waals surface area contributed by atoms with Gasteiger partial charge in [0, 0.05) is 5.56 Å². The summed E-state index contributed by atoms with van der Waals surface area (Å²) in [7, 11) is 0. The van der Waals surface area contributed by atoms with Gasteiger partial charge in [0.15, 0.2) is 0 Å². The van der Waals surface area contributed by atoms with E-state index in [1.165, 1.54) is 6.26 Å². The van der Waals surface area contributed by atoms with E-state index in [4.69, 9.17) is 9.52 Å². The zero-order valence-electron chi connectivity index (χ0n) is 7.75. The molecule has 0 aliphatic rings. The molecule has 0 radical (unpaired) electrons. The lowest BCUT2D eigenvalue weighted by atomic mass is 10.1. The lowest BCUT2D eigenvalue weighted by molar-refractivity contribution is 0.0660. The summed E-state index contributed by atoms with van der Waals surface area (Å²) in [5, 5.41) is 8.72. The molecule has 13 heavy (non-hydrogen) atoms. The highest BCUT2D eigenvalue weighted by Crippen LogP contribution is 2.13. The molecule has 0 aliphatic heterocycles. The third-order valence-electron chi connectivity index (χ3n) is 1.99. The van der Waals surface area contributed by atoms with Gasteiger partial charge in [-0.15, -0.1) is 0 Å². The van der Waals surface area contributed by atoms with Crippen molar-refractivity contribution in [2.75, 3.05) is 0 Å². The van der Waals surface area contributed by atoms with Crippen LogP contribution in [0.1, 0.15) is 42.3 Å². The molecular weight excluding hydrogens is 168 g/mol. The number of carbonyl (C=O) groups is 1. The fourth-order valence-electron chi connectivity index (χ4n) is 1.29. The number of aryl methyl sites for hydroxylation is 1. The predicted octanol–water partition coefficient (Wildman–Crippen LogP) is 2.71. The molecule has 3 nitrogen and oxygen atoms in total. The Morgan fingerprint density at radius 2 is 2.31 bits per heavy atom. The zero-order chi connectivity index (χ0) is 9.68. The van der Waals surface area contributed by atoms with E-state index in [1.54, 1.807) is 6.07 Å². The maximum absolute atomic E-state index is 10.6. The van der Waals surface area contributed by atoms with Crippen molar-refractivity contribution in [1.29, 1.82) is 0 Å². The Morgan fingerprint density at radius 3 is 2.92 bits per heavy atom. The highest BCUT2D eigenvalue weighted by molar-refractivity contribution is 5.86. The first-order valence-electron chi connectivity index (χ1n) is 4.55. The SMILES string of the molecule is CCCCCc1ccoc1C(=O)O. The maximum Gasteiger partial charge on any atom is 0.372 e. The van der Waals surface area contributed by atoms with Crippen molar-refractivity contribution in [1.82, 2.24) is 0 Å².